The molecule has 2 amide bonds. The molecule has 7 heteroatoms. The van der Waals surface area contributed by atoms with Crippen LogP contribution in [0.3, 0.4) is 0 Å². The lowest BCUT2D eigenvalue weighted by Gasteiger charge is -2.35. The highest BCUT2D eigenvalue weighted by Gasteiger charge is 2.33. The van der Waals surface area contributed by atoms with Crippen LogP contribution in [-0.2, 0) is 9.53 Å². The van der Waals surface area contributed by atoms with Gasteiger partial charge in [0, 0.05) is 18.8 Å². The van der Waals surface area contributed by atoms with Gasteiger partial charge in [-0.15, -0.1) is 0 Å². The molecular weight excluding hydrogens is 338 g/mol. The van der Waals surface area contributed by atoms with Gasteiger partial charge in [0.15, 0.2) is 0 Å². The lowest BCUT2D eigenvalue weighted by molar-refractivity contribution is -0.131. The summed E-state index contributed by atoms with van der Waals surface area (Å²) in [7, 11) is 0. The minimum atomic E-state index is -0.600. The zero-order valence-corrected chi connectivity index (χ0v) is 13.6. The topological polar surface area (TPSA) is 71.5 Å². The summed E-state index contributed by atoms with van der Waals surface area (Å²) < 4.78 is 6.00. The van der Waals surface area contributed by atoms with Crippen molar-refractivity contribution in [3.63, 3.8) is 0 Å². The third kappa shape index (κ3) is 4.01. The molecule has 2 rings (SSSR count). The van der Waals surface area contributed by atoms with E-state index in [1.807, 2.05) is 13.8 Å². The van der Waals surface area contributed by atoms with Gasteiger partial charge in [-0.1, -0.05) is 0 Å². The van der Waals surface area contributed by atoms with Gasteiger partial charge in [0.25, 0.3) is 5.91 Å². The molecule has 0 aliphatic carbocycles. The smallest absolute Gasteiger partial charge is 0.256 e. The molecule has 2 heterocycles. The van der Waals surface area contributed by atoms with E-state index in [1.54, 1.807) is 17.0 Å². The number of morpholine rings is 1. The van der Waals surface area contributed by atoms with Gasteiger partial charge >= 0.3 is 0 Å². The summed E-state index contributed by atoms with van der Waals surface area (Å²) in [6.45, 7) is 4.80. The molecule has 1 fully saturated rings. The molecule has 1 aliphatic heterocycles. The first kappa shape index (κ1) is 15.9. The van der Waals surface area contributed by atoms with Gasteiger partial charge < -0.3 is 15.0 Å². The third-order valence-electron chi connectivity index (χ3n) is 3.10. The van der Waals surface area contributed by atoms with Crippen molar-refractivity contribution in [3.05, 3.63) is 28.5 Å². The molecule has 0 bridgehead atoms. The fraction of sp³-hybridized carbons (Fsp3) is 0.500. The highest BCUT2D eigenvalue weighted by molar-refractivity contribution is 9.10. The molecule has 0 saturated carbocycles. The number of aromatic nitrogens is 1. The van der Waals surface area contributed by atoms with Crippen LogP contribution in [-0.4, -0.2) is 53.5 Å². The van der Waals surface area contributed by atoms with Crippen LogP contribution in [0, 0.1) is 0 Å². The Hall–Kier alpha value is -1.47. The van der Waals surface area contributed by atoms with E-state index in [9.17, 15) is 9.59 Å². The molecule has 0 spiro atoms. The highest BCUT2D eigenvalue weighted by Crippen LogP contribution is 2.14. The molecule has 1 atom stereocenters. The minimum Gasteiger partial charge on any atom is -0.377 e. The highest BCUT2D eigenvalue weighted by atomic mass is 79.9. The van der Waals surface area contributed by atoms with Crippen molar-refractivity contribution in [2.24, 2.45) is 0 Å². The summed E-state index contributed by atoms with van der Waals surface area (Å²) in [5.74, 6) is -0.398. The Morgan fingerprint density at radius 2 is 2.24 bits per heavy atom. The Balaban J connectivity index is 2.16. The number of amides is 2. The number of hydrogen-bond donors (Lipinski definition) is 1. The zero-order chi connectivity index (χ0) is 15.4. The van der Waals surface area contributed by atoms with Gasteiger partial charge in [0.2, 0.25) is 5.91 Å². The average molecular weight is 356 g/mol. The molecule has 1 aromatic heterocycles. The molecule has 21 heavy (non-hydrogen) atoms. The van der Waals surface area contributed by atoms with Crippen LogP contribution in [0.15, 0.2) is 22.9 Å². The van der Waals surface area contributed by atoms with Crippen LogP contribution < -0.4 is 5.32 Å². The van der Waals surface area contributed by atoms with Crippen LogP contribution in [0.1, 0.15) is 24.2 Å². The number of halogens is 1. The number of ether oxygens (including phenoxy) is 1. The van der Waals surface area contributed by atoms with E-state index in [0.717, 1.165) is 0 Å². The van der Waals surface area contributed by atoms with Gasteiger partial charge in [0.1, 0.15) is 10.6 Å². The van der Waals surface area contributed by atoms with Crippen LogP contribution in [0.2, 0.25) is 0 Å². The van der Waals surface area contributed by atoms with Crippen molar-refractivity contribution >= 4 is 27.7 Å². The maximum absolute atomic E-state index is 12.5. The second-order valence-corrected chi connectivity index (χ2v) is 5.93. The first-order chi connectivity index (χ1) is 9.99. The summed E-state index contributed by atoms with van der Waals surface area (Å²) in [5, 5.41) is 2.82. The molecule has 1 N–H and O–H groups in total. The van der Waals surface area contributed by atoms with Gasteiger partial charge in [-0.25, -0.2) is 4.98 Å². The maximum Gasteiger partial charge on any atom is 0.256 e. The lowest BCUT2D eigenvalue weighted by atomic mass is 10.1. The van der Waals surface area contributed by atoms with E-state index in [0.29, 0.717) is 23.3 Å². The molecule has 6 nitrogen and oxygen atoms in total. The molecule has 1 aromatic rings. The normalized spacial score (nSPS) is 18.7. The summed E-state index contributed by atoms with van der Waals surface area (Å²) in [5.41, 5.74) is 0.461. The van der Waals surface area contributed by atoms with Crippen molar-refractivity contribution in [1.82, 2.24) is 15.2 Å². The standard InChI is InChI=1S/C14H18BrN3O3/c1-9(2)17-13(19)11-8-21-6-5-18(11)14(20)10-3-4-12(15)16-7-10/h3-4,7,9,11H,5-6,8H2,1-2H3,(H,17,19). The fourth-order valence-corrected chi connectivity index (χ4v) is 2.35. The third-order valence-corrected chi connectivity index (χ3v) is 3.57. The Morgan fingerprint density at radius 1 is 1.48 bits per heavy atom. The average Bonchev–Trinajstić information content (AvgIpc) is 2.46. The van der Waals surface area contributed by atoms with E-state index in [-0.39, 0.29) is 24.5 Å². The Labute approximate surface area is 132 Å². The number of carbonyl (C=O) groups is 2. The number of carbonyl (C=O) groups excluding carboxylic acids is 2. The number of nitrogens with zero attached hydrogens (tertiary/aromatic N) is 2. The monoisotopic (exact) mass is 355 g/mol. The summed E-state index contributed by atoms with van der Waals surface area (Å²) >= 11 is 3.23. The first-order valence-corrected chi connectivity index (χ1v) is 7.59. The summed E-state index contributed by atoms with van der Waals surface area (Å²) in [4.78, 5) is 30.3. The quantitative estimate of drug-likeness (QED) is 0.827. The molecule has 1 aliphatic rings. The summed E-state index contributed by atoms with van der Waals surface area (Å²) in [6, 6.07) is 2.81. The second-order valence-electron chi connectivity index (χ2n) is 5.12. The van der Waals surface area contributed by atoms with Crippen LogP contribution in [0.25, 0.3) is 0 Å². The molecule has 1 unspecified atom stereocenters. The van der Waals surface area contributed by atoms with E-state index >= 15 is 0 Å². The van der Waals surface area contributed by atoms with Crippen molar-refractivity contribution < 1.29 is 14.3 Å². The van der Waals surface area contributed by atoms with E-state index in [2.05, 4.69) is 26.2 Å². The Morgan fingerprint density at radius 3 is 2.86 bits per heavy atom. The molecular formula is C14H18BrN3O3. The minimum absolute atomic E-state index is 0.0192. The fourth-order valence-electron chi connectivity index (χ4n) is 2.11. The van der Waals surface area contributed by atoms with Crippen LogP contribution in [0.4, 0.5) is 0 Å². The Bertz CT molecular complexity index is 519. The van der Waals surface area contributed by atoms with Crippen LogP contribution in [0.5, 0.6) is 0 Å². The lowest BCUT2D eigenvalue weighted by Crippen LogP contribution is -2.56. The first-order valence-electron chi connectivity index (χ1n) is 6.79. The van der Waals surface area contributed by atoms with Crippen molar-refractivity contribution in [2.75, 3.05) is 19.8 Å². The predicted octanol–water partition coefficient (Wildman–Crippen LogP) is 1.21. The second kappa shape index (κ2) is 7.00. The maximum atomic E-state index is 12.5. The number of hydrogen-bond acceptors (Lipinski definition) is 4. The van der Waals surface area contributed by atoms with E-state index < -0.39 is 6.04 Å². The predicted molar refractivity (Wildman–Crippen MR) is 80.9 cm³/mol. The SMILES string of the molecule is CC(C)NC(=O)C1COCCN1C(=O)c1ccc(Br)nc1. The van der Waals surface area contributed by atoms with Gasteiger partial charge in [0.05, 0.1) is 18.8 Å². The zero-order valence-electron chi connectivity index (χ0n) is 12.0. The largest absolute Gasteiger partial charge is 0.377 e. The molecule has 114 valence electrons. The van der Waals surface area contributed by atoms with Gasteiger partial charge in [-0.05, 0) is 41.9 Å². The Kier molecular flexibility index (Phi) is 5.30. The molecule has 0 radical (unpaired) electrons. The van der Waals surface area contributed by atoms with E-state index in [4.69, 9.17) is 4.74 Å². The van der Waals surface area contributed by atoms with Gasteiger partial charge in [-0.3, -0.25) is 9.59 Å². The van der Waals surface area contributed by atoms with Crippen molar-refractivity contribution in [2.45, 2.75) is 25.9 Å². The molecule has 0 aromatic carbocycles. The van der Waals surface area contributed by atoms with E-state index in [1.165, 1.54) is 6.20 Å². The number of pyridine rings is 1. The number of nitrogens with one attached hydrogen (secondary N) is 1. The molecule has 1 saturated heterocycles. The number of rotatable bonds is 3. The van der Waals surface area contributed by atoms with Crippen molar-refractivity contribution in [1.29, 1.82) is 0 Å². The van der Waals surface area contributed by atoms with Crippen LogP contribution >= 0.6 is 15.9 Å². The van der Waals surface area contributed by atoms with Crippen molar-refractivity contribution in [3.8, 4) is 0 Å². The summed E-state index contributed by atoms with van der Waals surface area (Å²) in [6.07, 6.45) is 1.50. The van der Waals surface area contributed by atoms with Gasteiger partial charge in [-0.2, -0.15) is 0 Å².